The van der Waals surface area contributed by atoms with E-state index in [4.69, 9.17) is 4.74 Å². The number of nitrogens with one attached hydrogen (secondary N) is 1. The molecule has 0 aromatic heterocycles. The predicted octanol–water partition coefficient (Wildman–Crippen LogP) is 3.98. The van der Waals surface area contributed by atoms with E-state index < -0.39 is 16.0 Å². The van der Waals surface area contributed by atoms with Gasteiger partial charge in [0.15, 0.2) is 0 Å². The zero-order chi connectivity index (χ0) is 19.3. The van der Waals surface area contributed by atoms with Crippen molar-refractivity contribution in [2.75, 3.05) is 4.72 Å². The Bertz CT molecular complexity index is 1040. The summed E-state index contributed by atoms with van der Waals surface area (Å²) < 4.78 is 45.2. The molecule has 0 aliphatic rings. The van der Waals surface area contributed by atoms with Crippen LogP contribution in [-0.4, -0.2) is 14.4 Å². The van der Waals surface area contributed by atoms with Crippen molar-refractivity contribution in [1.82, 2.24) is 0 Å². The highest BCUT2D eigenvalue weighted by Crippen LogP contribution is 2.18. The molecule has 0 unspecified atom stereocenters. The van der Waals surface area contributed by atoms with E-state index in [0.29, 0.717) is 5.56 Å². The Hall–Kier alpha value is -3.19. The van der Waals surface area contributed by atoms with Crippen LogP contribution in [0.25, 0.3) is 0 Å². The first-order chi connectivity index (χ1) is 12.9. The summed E-state index contributed by atoms with van der Waals surface area (Å²) in [4.78, 5) is 12.3. The van der Waals surface area contributed by atoms with E-state index in [9.17, 15) is 17.6 Å². The number of hydrogen-bond donors (Lipinski definition) is 1. The van der Waals surface area contributed by atoms with Gasteiger partial charge in [-0.1, -0.05) is 36.4 Å². The summed E-state index contributed by atoms with van der Waals surface area (Å²) in [5.41, 5.74) is 1.09. The van der Waals surface area contributed by atoms with Crippen LogP contribution in [0.5, 0.6) is 0 Å². The number of carbonyl (C=O) groups excluding carboxylic acids is 1. The summed E-state index contributed by atoms with van der Waals surface area (Å²) in [5.74, 6) is -0.983. The van der Waals surface area contributed by atoms with E-state index >= 15 is 0 Å². The quantitative estimate of drug-likeness (QED) is 0.652. The maximum Gasteiger partial charge on any atom is 0.338 e. The summed E-state index contributed by atoms with van der Waals surface area (Å²) in [6, 6.07) is 19.5. The van der Waals surface area contributed by atoms with Crippen LogP contribution in [0.2, 0.25) is 0 Å². The molecular weight excluding hydrogens is 369 g/mol. The van der Waals surface area contributed by atoms with Crippen LogP contribution in [0.3, 0.4) is 0 Å². The van der Waals surface area contributed by atoms with Crippen LogP contribution < -0.4 is 4.72 Å². The van der Waals surface area contributed by atoms with Gasteiger partial charge in [0.1, 0.15) is 12.4 Å². The Morgan fingerprint density at radius 2 is 1.63 bits per heavy atom. The summed E-state index contributed by atoms with van der Waals surface area (Å²) in [7, 11) is -3.75. The third kappa shape index (κ3) is 4.92. The van der Waals surface area contributed by atoms with Crippen molar-refractivity contribution < 1.29 is 22.3 Å². The first-order valence-corrected chi connectivity index (χ1v) is 9.52. The highest BCUT2D eigenvalue weighted by molar-refractivity contribution is 7.92. The number of sulfonamides is 1. The summed E-state index contributed by atoms with van der Waals surface area (Å²) in [6.07, 6.45) is 0. The lowest BCUT2D eigenvalue weighted by Crippen LogP contribution is -2.13. The van der Waals surface area contributed by atoms with Crippen LogP contribution >= 0.6 is 0 Å². The Morgan fingerprint density at radius 3 is 2.33 bits per heavy atom. The Balaban J connectivity index is 1.69. The molecule has 3 rings (SSSR count). The normalized spacial score (nSPS) is 11.0. The summed E-state index contributed by atoms with van der Waals surface area (Å²) in [6.45, 7) is -0.0148. The molecule has 0 heterocycles. The van der Waals surface area contributed by atoms with Crippen molar-refractivity contribution in [2.24, 2.45) is 0 Å². The van der Waals surface area contributed by atoms with Gasteiger partial charge in [0.2, 0.25) is 0 Å². The average Bonchev–Trinajstić information content (AvgIpc) is 2.68. The van der Waals surface area contributed by atoms with Crippen molar-refractivity contribution in [3.05, 3.63) is 95.8 Å². The first-order valence-electron chi connectivity index (χ1n) is 8.03. The largest absolute Gasteiger partial charge is 0.457 e. The second kappa shape index (κ2) is 8.01. The van der Waals surface area contributed by atoms with Crippen molar-refractivity contribution in [3.63, 3.8) is 0 Å². The molecule has 138 valence electrons. The molecule has 3 aromatic rings. The minimum absolute atomic E-state index is 0.0148. The smallest absolute Gasteiger partial charge is 0.338 e. The second-order valence-corrected chi connectivity index (χ2v) is 7.38. The molecule has 0 amide bonds. The first kappa shape index (κ1) is 18.6. The van der Waals surface area contributed by atoms with Crippen LogP contribution in [0.4, 0.5) is 10.1 Å². The van der Waals surface area contributed by atoms with E-state index in [-0.39, 0.29) is 28.6 Å². The molecule has 0 saturated heterocycles. The fourth-order valence-electron chi connectivity index (χ4n) is 2.34. The van der Waals surface area contributed by atoms with E-state index in [1.807, 2.05) is 0 Å². The number of benzene rings is 3. The maximum absolute atomic E-state index is 12.9. The van der Waals surface area contributed by atoms with Crippen LogP contribution in [0.1, 0.15) is 15.9 Å². The van der Waals surface area contributed by atoms with E-state index in [1.165, 1.54) is 54.6 Å². The molecule has 0 saturated carbocycles. The number of esters is 1. The molecule has 0 fully saturated rings. The second-order valence-electron chi connectivity index (χ2n) is 5.70. The van der Waals surface area contributed by atoms with Crippen molar-refractivity contribution >= 4 is 21.7 Å². The molecule has 3 aromatic carbocycles. The van der Waals surface area contributed by atoms with Gasteiger partial charge >= 0.3 is 5.97 Å². The van der Waals surface area contributed by atoms with Gasteiger partial charge in [-0.2, -0.15) is 0 Å². The highest BCUT2D eigenvalue weighted by Gasteiger charge is 2.15. The molecular formula is C20H16FNO4S. The molecule has 0 spiro atoms. The van der Waals surface area contributed by atoms with Gasteiger partial charge in [0.25, 0.3) is 10.0 Å². The lowest BCUT2D eigenvalue weighted by atomic mass is 10.2. The Labute approximate surface area is 156 Å². The van der Waals surface area contributed by atoms with Crippen molar-refractivity contribution in [1.29, 1.82) is 0 Å². The third-order valence-electron chi connectivity index (χ3n) is 3.69. The van der Waals surface area contributed by atoms with Gasteiger partial charge in [-0.25, -0.2) is 17.6 Å². The number of anilines is 1. The molecule has 5 nitrogen and oxygen atoms in total. The standard InChI is InChI=1S/C20H16FNO4S/c21-17-11-9-15(10-12-17)14-26-20(23)16-5-4-6-18(13-16)22-27(24,25)19-7-2-1-3-8-19/h1-13,22H,14H2. The maximum atomic E-state index is 12.9. The molecule has 0 aliphatic carbocycles. The van der Waals surface area contributed by atoms with Gasteiger partial charge in [0, 0.05) is 5.69 Å². The number of carbonyl (C=O) groups is 1. The Kier molecular flexibility index (Phi) is 5.52. The molecule has 0 bridgehead atoms. The van der Waals surface area contributed by atoms with E-state index in [1.54, 1.807) is 24.3 Å². The predicted molar refractivity (Wildman–Crippen MR) is 99.2 cm³/mol. The van der Waals surface area contributed by atoms with E-state index in [2.05, 4.69) is 4.72 Å². The third-order valence-corrected chi connectivity index (χ3v) is 5.08. The van der Waals surface area contributed by atoms with Crippen molar-refractivity contribution in [3.8, 4) is 0 Å². The van der Waals surface area contributed by atoms with Crippen LogP contribution in [0.15, 0.2) is 83.8 Å². The van der Waals surface area contributed by atoms with Gasteiger partial charge in [-0.3, -0.25) is 4.72 Å². The van der Waals surface area contributed by atoms with E-state index in [0.717, 1.165) is 0 Å². The van der Waals surface area contributed by atoms with Gasteiger partial charge in [-0.05, 0) is 48.0 Å². The highest BCUT2D eigenvalue weighted by atomic mass is 32.2. The minimum atomic E-state index is -3.75. The summed E-state index contributed by atoms with van der Waals surface area (Å²) >= 11 is 0. The summed E-state index contributed by atoms with van der Waals surface area (Å²) in [5, 5.41) is 0. The fraction of sp³-hybridized carbons (Fsp3) is 0.0500. The molecule has 1 N–H and O–H groups in total. The van der Waals surface area contributed by atoms with Crippen LogP contribution in [-0.2, 0) is 21.4 Å². The average molecular weight is 385 g/mol. The zero-order valence-corrected chi connectivity index (χ0v) is 14.9. The van der Waals surface area contributed by atoms with Gasteiger partial charge < -0.3 is 4.74 Å². The molecule has 7 heteroatoms. The molecule has 0 radical (unpaired) electrons. The van der Waals surface area contributed by atoms with Gasteiger partial charge in [0.05, 0.1) is 10.5 Å². The number of halogens is 1. The zero-order valence-electron chi connectivity index (χ0n) is 14.1. The number of rotatable bonds is 6. The lowest BCUT2D eigenvalue weighted by Gasteiger charge is -2.10. The molecule has 27 heavy (non-hydrogen) atoms. The van der Waals surface area contributed by atoms with Crippen molar-refractivity contribution in [2.45, 2.75) is 11.5 Å². The molecule has 0 aliphatic heterocycles. The number of ether oxygens (including phenoxy) is 1. The monoisotopic (exact) mass is 385 g/mol. The molecule has 0 atom stereocenters. The fourth-order valence-corrected chi connectivity index (χ4v) is 3.41. The van der Waals surface area contributed by atoms with Gasteiger partial charge in [-0.15, -0.1) is 0 Å². The topological polar surface area (TPSA) is 72.5 Å². The minimum Gasteiger partial charge on any atom is -0.457 e. The van der Waals surface area contributed by atoms with Crippen LogP contribution in [0, 0.1) is 5.82 Å². The lowest BCUT2D eigenvalue weighted by molar-refractivity contribution is 0.0472. The number of hydrogen-bond acceptors (Lipinski definition) is 4. The Morgan fingerprint density at radius 1 is 0.926 bits per heavy atom. The SMILES string of the molecule is O=C(OCc1ccc(F)cc1)c1cccc(NS(=O)(=O)c2ccccc2)c1.